The second-order valence-electron chi connectivity index (χ2n) is 10.7. The molecule has 0 unspecified atom stereocenters. The largest absolute Gasteiger partial charge is 0.388 e. The predicted molar refractivity (Wildman–Crippen MR) is 97.8 cm³/mol. The van der Waals surface area contributed by atoms with Crippen LogP contribution in [0.1, 0.15) is 65.7 Å². The predicted octanol–water partition coefficient (Wildman–Crippen LogP) is 2.27. The Morgan fingerprint density at radius 1 is 1.22 bits per heavy atom. The average Bonchev–Trinajstić information content (AvgIpc) is 3.31. The van der Waals surface area contributed by atoms with Gasteiger partial charge in [-0.2, -0.15) is 0 Å². The molecule has 27 heavy (non-hydrogen) atoms. The van der Waals surface area contributed by atoms with Gasteiger partial charge >= 0.3 is 0 Å². The third-order valence-corrected chi connectivity index (χ3v) is 10.00. The summed E-state index contributed by atoms with van der Waals surface area (Å²) in [5.74, 6) is 0.765. The van der Waals surface area contributed by atoms with Gasteiger partial charge in [0.1, 0.15) is 23.6 Å². The molecule has 0 aromatic rings. The summed E-state index contributed by atoms with van der Waals surface area (Å²) in [6.45, 7) is 5.75. The molecule has 0 aromatic carbocycles. The second kappa shape index (κ2) is 5.22. The smallest absolute Gasteiger partial charge is 0.190 e. The molecular formula is C22H32O5. The van der Waals surface area contributed by atoms with E-state index in [-0.39, 0.29) is 29.0 Å². The first-order valence-corrected chi connectivity index (χ1v) is 10.7. The summed E-state index contributed by atoms with van der Waals surface area (Å²) in [5.41, 5.74) is -2.16. The highest BCUT2D eigenvalue weighted by molar-refractivity contribution is 5.90. The van der Waals surface area contributed by atoms with Crippen LogP contribution in [0.5, 0.6) is 0 Å². The van der Waals surface area contributed by atoms with E-state index in [2.05, 4.69) is 13.8 Å². The molecule has 0 amide bonds. The lowest BCUT2D eigenvalue weighted by molar-refractivity contribution is -0.170. The molecule has 5 heteroatoms. The normalized spacial score (nSPS) is 58.7. The minimum Gasteiger partial charge on any atom is -0.388 e. The zero-order valence-corrected chi connectivity index (χ0v) is 16.7. The zero-order valence-electron chi connectivity index (χ0n) is 16.7. The number of epoxide rings is 1. The average molecular weight is 376 g/mol. The van der Waals surface area contributed by atoms with Crippen LogP contribution in [0, 0.1) is 34.5 Å². The molecule has 5 nitrogen and oxygen atoms in total. The minimum atomic E-state index is -1.47. The SMILES string of the molecule is C[C@@H]1C[C@@H]2[C@@H]3CC[C@H]4CC(=O)CC[C@]4(C)[C@@]34O[C@H]4C[C@]2(C)[C@@]1(O)C(=O)CO. The lowest BCUT2D eigenvalue weighted by Gasteiger charge is -2.58. The van der Waals surface area contributed by atoms with Crippen molar-refractivity contribution in [2.45, 2.75) is 83.0 Å². The Morgan fingerprint density at radius 2 is 1.96 bits per heavy atom. The molecule has 1 heterocycles. The van der Waals surface area contributed by atoms with Crippen LogP contribution in [0.3, 0.4) is 0 Å². The van der Waals surface area contributed by atoms with Crippen LogP contribution in [-0.4, -0.2) is 45.7 Å². The van der Waals surface area contributed by atoms with Gasteiger partial charge in [0, 0.05) is 23.7 Å². The van der Waals surface area contributed by atoms with E-state index in [1.54, 1.807) is 0 Å². The number of ether oxygens (including phenoxy) is 1. The van der Waals surface area contributed by atoms with Gasteiger partial charge in [-0.05, 0) is 55.8 Å². The van der Waals surface area contributed by atoms with Gasteiger partial charge in [0.25, 0.3) is 0 Å². The molecule has 4 aliphatic carbocycles. The van der Waals surface area contributed by atoms with Crippen molar-refractivity contribution in [3.63, 3.8) is 0 Å². The van der Waals surface area contributed by atoms with Crippen LogP contribution < -0.4 is 0 Å². The summed E-state index contributed by atoms with van der Waals surface area (Å²) in [6.07, 6.45) is 5.85. The standard InChI is InChI=1S/C22H32O5/c1-12-8-16-15-5-4-13-9-14(24)6-7-19(13,2)22(15)18(27-22)10-20(16,3)21(12,26)17(25)11-23/h12-13,15-16,18,23,26H,4-11H2,1-3H3/t12-,13+,15+,16-,18+,19+,20+,21+,22-/m1/s1. The van der Waals surface area contributed by atoms with Crippen LogP contribution in [0.25, 0.3) is 0 Å². The third kappa shape index (κ3) is 1.83. The lowest BCUT2D eigenvalue weighted by atomic mass is 9.44. The highest BCUT2D eigenvalue weighted by atomic mass is 16.6. The molecule has 0 radical (unpaired) electrons. The number of ketones is 2. The Hall–Kier alpha value is -0.780. The molecule has 5 rings (SSSR count). The highest BCUT2D eigenvalue weighted by Crippen LogP contribution is 2.77. The van der Waals surface area contributed by atoms with Gasteiger partial charge in [0.05, 0.1) is 6.10 Å². The molecule has 1 spiro atoms. The molecule has 1 aliphatic heterocycles. The maximum Gasteiger partial charge on any atom is 0.190 e. The number of fused-ring (bicyclic) bond motifs is 3. The minimum absolute atomic E-state index is 0.0285. The zero-order chi connectivity index (χ0) is 19.4. The van der Waals surface area contributed by atoms with Crippen LogP contribution in [0.15, 0.2) is 0 Å². The van der Waals surface area contributed by atoms with Crippen LogP contribution in [0.2, 0.25) is 0 Å². The van der Waals surface area contributed by atoms with E-state index in [0.717, 1.165) is 25.7 Å². The summed E-state index contributed by atoms with van der Waals surface area (Å²) in [6, 6.07) is 0. The van der Waals surface area contributed by atoms with E-state index in [1.807, 2.05) is 6.92 Å². The number of aliphatic hydroxyl groups excluding tert-OH is 1. The number of hydrogen-bond acceptors (Lipinski definition) is 5. The fraction of sp³-hybridized carbons (Fsp3) is 0.909. The number of aliphatic hydroxyl groups is 2. The second-order valence-corrected chi connectivity index (χ2v) is 10.7. The van der Waals surface area contributed by atoms with E-state index in [0.29, 0.717) is 36.9 Å². The number of rotatable bonds is 2. The summed E-state index contributed by atoms with van der Waals surface area (Å²) in [5, 5.41) is 21.1. The molecule has 2 N–H and O–H groups in total. The molecule has 1 saturated heterocycles. The molecule has 5 fully saturated rings. The maximum absolute atomic E-state index is 12.6. The highest BCUT2D eigenvalue weighted by Gasteiger charge is 2.82. The topological polar surface area (TPSA) is 87.1 Å². The fourth-order valence-corrected chi connectivity index (χ4v) is 8.55. The molecule has 150 valence electrons. The Kier molecular flexibility index (Phi) is 3.53. The first-order chi connectivity index (χ1) is 12.6. The number of carbonyl (C=O) groups is 2. The van der Waals surface area contributed by atoms with Gasteiger partial charge in [0.2, 0.25) is 0 Å². The number of Topliss-reactive ketones (excluding diaryl/α,β-unsaturated/α-hetero) is 2. The van der Waals surface area contributed by atoms with Crippen molar-refractivity contribution in [3.8, 4) is 0 Å². The third-order valence-electron chi connectivity index (χ3n) is 10.00. The maximum atomic E-state index is 12.6. The first kappa shape index (κ1) is 18.3. The van der Waals surface area contributed by atoms with E-state index in [1.165, 1.54) is 0 Å². The Balaban J connectivity index is 1.56. The van der Waals surface area contributed by atoms with Gasteiger partial charge in [0.15, 0.2) is 5.78 Å². The fourth-order valence-electron chi connectivity index (χ4n) is 8.55. The van der Waals surface area contributed by atoms with Gasteiger partial charge in [-0.25, -0.2) is 0 Å². The van der Waals surface area contributed by atoms with E-state index >= 15 is 0 Å². The van der Waals surface area contributed by atoms with Gasteiger partial charge in [-0.15, -0.1) is 0 Å². The number of hydrogen-bond donors (Lipinski definition) is 2. The quantitative estimate of drug-likeness (QED) is 0.722. The van der Waals surface area contributed by atoms with Crippen molar-refractivity contribution in [2.24, 2.45) is 34.5 Å². The van der Waals surface area contributed by atoms with Crippen LogP contribution in [0.4, 0.5) is 0 Å². The summed E-state index contributed by atoms with van der Waals surface area (Å²) < 4.78 is 6.52. The molecule has 4 saturated carbocycles. The summed E-state index contributed by atoms with van der Waals surface area (Å²) in [7, 11) is 0. The lowest BCUT2D eigenvalue weighted by Crippen LogP contribution is -2.64. The van der Waals surface area contributed by atoms with Gasteiger partial charge in [-0.3, -0.25) is 9.59 Å². The Labute approximate surface area is 160 Å². The van der Waals surface area contributed by atoms with Crippen molar-refractivity contribution in [1.82, 2.24) is 0 Å². The summed E-state index contributed by atoms with van der Waals surface area (Å²) in [4.78, 5) is 24.7. The van der Waals surface area contributed by atoms with Crippen LogP contribution >= 0.6 is 0 Å². The van der Waals surface area contributed by atoms with E-state index in [4.69, 9.17) is 4.74 Å². The Bertz CT molecular complexity index is 719. The van der Waals surface area contributed by atoms with Crippen molar-refractivity contribution in [2.75, 3.05) is 6.61 Å². The summed E-state index contributed by atoms with van der Waals surface area (Å²) >= 11 is 0. The van der Waals surface area contributed by atoms with Crippen molar-refractivity contribution >= 4 is 11.6 Å². The van der Waals surface area contributed by atoms with Gasteiger partial charge < -0.3 is 14.9 Å². The van der Waals surface area contributed by atoms with Gasteiger partial charge in [-0.1, -0.05) is 20.8 Å². The molecule has 5 aliphatic rings. The van der Waals surface area contributed by atoms with E-state index in [9.17, 15) is 19.8 Å². The van der Waals surface area contributed by atoms with Crippen molar-refractivity contribution in [1.29, 1.82) is 0 Å². The molecule has 0 bridgehead atoms. The van der Waals surface area contributed by atoms with E-state index < -0.39 is 23.4 Å². The molecular weight excluding hydrogens is 344 g/mol. The van der Waals surface area contributed by atoms with Crippen molar-refractivity contribution < 1.29 is 24.5 Å². The monoisotopic (exact) mass is 376 g/mol. The number of carbonyl (C=O) groups excluding carboxylic acids is 2. The first-order valence-electron chi connectivity index (χ1n) is 10.7. The van der Waals surface area contributed by atoms with Crippen molar-refractivity contribution in [3.05, 3.63) is 0 Å². The Morgan fingerprint density at radius 3 is 2.67 bits per heavy atom. The van der Waals surface area contributed by atoms with Crippen LogP contribution in [-0.2, 0) is 14.3 Å². The molecule has 9 atom stereocenters. The molecule has 0 aromatic heterocycles.